The zero-order valence-electron chi connectivity index (χ0n) is 17.1. The molecule has 2 aromatic rings. The second-order valence-electron chi connectivity index (χ2n) is 8.15. The van der Waals surface area contributed by atoms with Crippen LogP contribution >= 0.6 is 0 Å². The number of carbonyl (C=O) groups is 3. The second-order valence-corrected chi connectivity index (χ2v) is 8.15. The highest BCUT2D eigenvalue weighted by Crippen LogP contribution is 2.31. The van der Waals surface area contributed by atoms with Gasteiger partial charge in [-0.2, -0.15) is 0 Å². The predicted octanol–water partition coefficient (Wildman–Crippen LogP) is 2.80. The number of hydrogen-bond donors (Lipinski definition) is 0. The highest BCUT2D eigenvalue weighted by molar-refractivity contribution is 5.96. The summed E-state index contributed by atoms with van der Waals surface area (Å²) >= 11 is 0. The van der Waals surface area contributed by atoms with E-state index < -0.39 is 0 Å². The van der Waals surface area contributed by atoms with Crippen LogP contribution in [0.3, 0.4) is 0 Å². The van der Waals surface area contributed by atoms with Gasteiger partial charge in [-0.3, -0.25) is 14.6 Å². The van der Waals surface area contributed by atoms with E-state index in [-0.39, 0.29) is 30.3 Å². The number of cyclic esters (lactones) is 1. The van der Waals surface area contributed by atoms with E-state index in [1.165, 1.54) is 0 Å². The summed E-state index contributed by atoms with van der Waals surface area (Å²) in [4.78, 5) is 44.9. The molecular formula is C24H23N3O4. The molecule has 0 atom stereocenters. The lowest BCUT2D eigenvalue weighted by Crippen LogP contribution is -2.51. The molecule has 7 heteroatoms. The fourth-order valence-electron chi connectivity index (χ4n) is 4.01. The molecule has 2 fully saturated rings. The first kappa shape index (κ1) is 19.5. The van der Waals surface area contributed by atoms with Crippen molar-refractivity contribution in [3.05, 3.63) is 64.7 Å². The molecule has 0 N–H and O–H groups in total. The van der Waals surface area contributed by atoms with Crippen LogP contribution in [0.2, 0.25) is 0 Å². The van der Waals surface area contributed by atoms with Crippen LogP contribution in [-0.2, 0) is 16.1 Å². The van der Waals surface area contributed by atoms with Gasteiger partial charge in [0, 0.05) is 49.4 Å². The van der Waals surface area contributed by atoms with E-state index in [4.69, 9.17) is 4.74 Å². The molecule has 0 aromatic heterocycles. The van der Waals surface area contributed by atoms with Crippen molar-refractivity contribution in [3.63, 3.8) is 0 Å². The smallest absolute Gasteiger partial charge is 0.338 e. The Kier molecular flexibility index (Phi) is 5.02. The van der Waals surface area contributed by atoms with Gasteiger partial charge in [0.05, 0.1) is 11.3 Å². The minimum absolute atomic E-state index is 0.0152. The molecule has 2 heterocycles. The van der Waals surface area contributed by atoms with E-state index in [1.54, 1.807) is 30.5 Å². The van der Waals surface area contributed by atoms with Gasteiger partial charge in [0.2, 0.25) is 5.91 Å². The molecule has 0 spiro atoms. The number of rotatable bonds is 4. The van der Waals surface area contributed by atoms with Gasteiger partial charge in [0.15, 0.2) is 0 Å². The van der Waals surface area contributed by atoms with Crippen molar-refractivity contribution in [1.82, 2.24) is 9.80 Å². The molecule has 0 bridgehead atoms. The minimum atomic E-state index is -0.312. The lowest BCUT2D eigenvalue weighted by Gasteiger charge is -2.35. The largest absolute Gasteiger partial charge is 0.457 e. The van der Waals surface area contributed by atoms with E-state index >= 15 is 0 Å². The van der Waals surface area contributed by atoms with Gasteiger partial charge in [-0.1, -0.05) is 18.2 Å². The van der Waals surface area contributed by atoms with Crippen LogP contribution in [0.1, 0.15) is 44.7 Å². The van der Waals surface area contributed by atoms with E-state index in [1.807, 2.05) is 28.0 Å². The first-order valence-corrected chi connectivity index (χ1v) is 10.6. The summed E-state index contributed by atoms with van der Waals surface area (Å²) in [6, 6.07) is 12.7. The van der Waals surface area contributed by atoms with Gasteiger partial charge in [-0.25, -0.2) is 4.79 Å². The number of carbonyl (C=O) groups excluding carboxylic acids is 3. The van der Waals surface area contributed by atoms with Gasteiger partial charge in [0.1, 0.15) is 6.61 Å². The summed E-state index contributed by atoms with van der Waals surface area (Å²) in [5.74, 6) is 0.142. The second kappa shape index (κ2) is 7.98. The summed E-state index contributed by atoms with van der Waals surface area (Å²) in [7, 11) is 0. The predicted molar refractivity (Wildman–Crippen MR) is 114 cm³/mol. The zero-order valence-corrected chi connectivity index (χ0v) is 17.1. The normalized spacial score (nSPS) is 18.3. The molecule has 0 unspecified atom stereocenters. The first-order chi connectivity index (χ1) is 15.1. The molecule has 7 nitrogen and oxygen atoms in total. The van der Waals surface area contributed by atoms with E-state index in [9.17, 15) is 14.4 Å². The van der Waals surface area contributed by atoms with Crippen LogP contribution in [0.5, 0.6) is 0 Å². The van der Waals surface area contributed by atoms with Gasteiger partial charge in [0.25, 0.3) is 5.91 Å². The van der Waals surface area contributed by atoms with Crippen LogP contribution in [0.4, 0.5) is 5.69 Å². The molecule has 2 amide bonds. The van der Waals surface area contributed by atoms with Crippen LogP contribution in [-0.4, -0.2) is 60.0 Å². The van der Waals surface area contributed by atoms with Gasteiger partial charge >= 0.3 is 5.97 Å². The number of hydrogen-bond acceptors (Lipinski definition) is 5. The van der Waals surface area contributed by atoms with Gasteiger partial charge in [-0.15, -0.1) is 0 Å². The van der Waals surface area contributed by atoms with Crippen molar-refractivity contribution in [1.29, 1.82) is 0 Å². The van der Waals surface area contributed by atoms with Crippen molar-refractivity contribution in [2.24, 2.45) is 10.9 Å². The first-order valence-electron chi connectivity index (χ1n) is 10.6. The van der Waals surface area contributed by atoms with Gasteiger partial charge < -0.3 is 14.5 Å². The fourth-order valence-corrected chi connectivity index (χ4v) is 4.01. The number of piperazine rings is 1. The summed E-state index contributed by atoms with van der Waals surface area (Å²) < 4.78 is 5.07. The summed E-state index contributed by atoms with van der Waals surface area (Å²) in [6.07, 6.45) is 3.73. The van der Waals surface area contributed by atoms with E-state index in [0.717, 1.165) is 24.0 Å². The topological polar surface area (TPSA) is 79.3 Å². The molecule has 1 saturated heterocycles. The SMILES string of the molecule is O=C1OCc2c(/N=C/c3ccc(C(=O)N4CCN(C(=O)C5CC5)CC4)cc3)cccc21. The van der Waals surface area contributed by atoms with Gasteiger partial charge in [-0.05, 0) is 42.7 Å². The molecule has 5 rings (SSSR count). The third-order valence-corrected chi connectivity index (χ3v) is 6.03. The van der Waals surface area contributed by atoms with Crippen molar-refractivity contribution in [2.75, 3.05) is 26.2 Å². The van der Waals surface area contributed by atoms with Crippen molar-refractivity contribution < 1.29 is 19.1 Å². The highest BCUT2D eigenvalue weighted by atomic mass is 16.5. The number of benzene rings is 2. The Morgan fingerprint density at radius 3 is 2.39 bits per heavy atom. The molecular weight excluding hydrogens is 394 g/mol. The maximum atomic E-state index is 12.8. The van der Waals surface area contributed by atoms with E-state index in [0.29, 0.717) is 43.0 Å². The van der Waals surface area contributed by atoms with Crippen LogP contribution in [0.15, 0.2) is 47.5 Å². The molecule has 158 valence electrons. The Morgan fingerprint density at radius 1 is 0.968 bits per heavy atom. The zero-order chi connectivity index (χ0) is 21.4. The lowest BCUT2D eigenvalue weighted by molar-refractivity contribution is -0.134. The third kappa shape index (κ3) is 3.95. The third-order valence-electron chi connectivity index (χ3n) is 6.03. The molecule has 0 radical (unpaired) electrons. The highest BCUT2D eigenvalue weighted by Gasteiger charge is 2.35. The molecule has 31 heavy (non-hydrogen) atoms. The number of esters is 1. The minimum Gasteiger partial charge on any atom is -0.457 e. The molecule has 2 aromatic carbocycles. The van der Waals surface area contributed by atoms with Crippen molar-refractivity contribution in [3.8, 4) is 0 Å². The molecule has 1 saturated carbocycles. The summed E-state index contributed by atoms with van der Waals surface area (Å²) in [5, 5.41) is 0. The molecule has 1 aliphatic carbocycles. The maximum Gasteiger partial charge on any atom is 0.338 e. The summed E-state index contributed by atoms with van der Waals surface area (Å²) in [5.41, 5.74) is 3.56. The Bertz CT molecular complexity index is 1060. The fraction of sp³-hybridized carbons (Fsp3) is 0.333. The number of nitrogens with zero attached hydrogens (tertiary/aromatic N) is 3. The van der Waals surface area contributed by atoms with Crippen LogP contribution < -0.4 is 0 Å². The Hall–Kier alpha value is -3.48. The summed E-state index contributed by atoms with van der Waals surface area (Å²) in [6.45, 7) is 2.61. The number of amides is 2. The van der Waals surface area contributed by atoms with E-state index in [2.05, 4.69) is 4.99 Å². The van der Waals surface area contributed by atoms with Crippen LogP contribution in [0, 0.1) is 5.92 Å². The number of fused-ring (bicyclic) bond motifs is 1. The number of aliphatic imine (C=N–C) groups is 1. The number of ether oxygens (including phenoxy) is 1. The lowest BCUT2D eigenvalue weighted by atomic mass is 10.1. The average molecular weight is 417 g/mol. The average Bonchev–Trinajstić information content (AvgIpc) is 3.60. The van der Waals surface area contributed by atoms with Crippen molar-refractivity contribution >= 4 is 29.7 Å². The Balaban J connectivity index is 1.21. The standard InChI is InChI=1S/C24H23N3O4/c28-22(26-10-12-27(13-11-26)23(29)18-8-9-18)17-6-4-16(5-7-17)14-25-21-3-1-2-19-20(21)15-31-24(19)30/h1-7,14,18H,8-13,15H2/b25-14+. The maximum absolute atomic E-state index is 12.8. The quantitative estimate of drug-likeness (QED) is 0.566. The van der Waals surface area contributed by atoms with Crippen molar-refractivity contribution in [2.45, 2.75) is 19.4 Å². The molecule has 2 aliphatic heterocycles. The Morgan fingerprint density at radius 2 is 1.68 bits per heavy atom. The van der Waals surface area contributed by atoms with Crippen LogP contribution in [0.25, 0.3) is 0 Å². The monoisotopic (exact) mass is 417 g/mol. The Labute approximate surface area is 180 Å². The molecule has 3 aliphatic rings.